The molecule has 0 aromatic heterocycles. The van der Waals surface area contributed by atoms with Gasteiger partial charge in [-0.25, -0.2) is 9.59 Å². The van der Waals surface area contributed by atoms with Gasteiger partial charge in [-0.3, -0.25) is 0 Å². The van der Waals surface area contributed by atoms with Crippen molar-refractivity contribution in [2.45, 2.75) is 78.3 Å². The van der Waals surface area contributed by atoms with E-state index >= 15 is 0 Å². The first-order chi connectivity index (χ1) is 16.5. The van der Waals surface area contributed by atoms with Gasteiger partial charge in [0.25, 0.3) is 0 Å². The fourth-order valence-corrected chi connectivity index (χ4v) is 3.63. The highest BCUT2D eigenvalue weighted by Gasteiger charge is 2.14. The lowest BCUT2D eigenvalue weighted by Gasteiger charge is -2.17. The molecule has 0 amide bonds. The summed E-state index contributed by atoms with van der Waals surface area (Å²) >= 11 is 0. The van der Waals surface area contributed by atoms with Gasteiger partial charge in [-0.15, -0.1) is 0 Å². The van der Waals surface area contributed by atoms with Crippen molar-refractivity contribution in [1.82, 2.24) is 10.6 Å². The van der Waals surface area contributed by atoms with Crippen molar-refractivity contribution in [2.24, 2.45) is 0 Å². The van der Waals surface area contributed by atoms with Crippen molar-refractivity contribution in [3.05, 3.63) is 47.5 Å². The highest BCUT2D eigenvalue weighted by atomic mass is 16.5. The lowest BCUT2D eigenvalue weighted by Crippen LogP contribution is -2.34. The molecule has 0 aliphatic rings. The summed E-state index contributed by atoms with van der Waals surface area (Å²) in [6.07, 6.45) is 6.30. The van der Waals surface area contributed by atoms with Crippen molar-refractivity contribution in [2.75, 3.05) is 26.3 Å². The van der Waals surface area contributed by atoms with Crippen LogP contribution in [-0.2, 0) is 9.47 Å². The molecule has 0 fully saturated rings. The first-order valence-electron chi connectivity index (χ1n) is 12.9. The SMILES string of the molecule is CCCCNC(CC)COC(=O)c1ccc2cc(C(=O)OCC(CC)NCCCC)ccc2c1. The molecule has 188 valence electrons. The van der Waals surface area contributed by atoms with Gasteiger partial charge in [-0.05, 0) is 73.8 Å². The molecule has 2 aromatic carbocycles. The zero-order valence-electron chi connectivity index (χ0n) is 21.3. The predicted octanol–water partition coefficient (Wildman–Crippen LogP) is 5.49. The summed E-state index contributed by atoms with van der Waals surface area (Å²) in [6, 6.07) is 11.1. The molecule has 0 radical (unpaired) electrons. The van der Waals surface area contributed by atoms with E-state index in [1.807, 2.05) is 24.3 Å². The smallest absolute Gasteiger partial charge is 0.338 e. The lowest BCUT2D eigenvalue weighted by atomic mass is 10.0. The Morgan fingerprint density at radius 3 is 1.47 bits per heavy atom. The second-order valence-corrected chi connectivity index (χ2v) is 8.80. The highest BCUT2D eigenvalue weighted by molar-refractivity contribution is 5.99. The van der Waals surface area contributed by atoms with Crippen LogP contribution in [0.1, 0.15) is 86.9 Å². The van der Waals surface area contributed by atoms with Crippen LogP contribution < -0.4 is 10.6 Å². The molecular weight excluding hydrogens is 428 g/mol. The molecule has 0 saturated carbocycles. The topological polar surface area (TPSA) is 76.7 Å². The number of hydrogen-bond acceptors (Lipinski definition) is 6. The number of carbonyl (C=O) groups excluding carboxylic acids is 2. The highest BCUT2D eigenvalue weighted by Crippen LogP contribution is 2.19. The summed E-state index contributed by atoms with van der Waals surface area (Å²) < 4.78 is 11.1. The van der Waals surface area contributed by atoms with Crippen LogP contribution >= 0.6 is 0 Å². The third-order valence-electron chi connectivity index (χ3n) is 6.06. The van der Waals surface area contributed by atoms with E-state index in [4.69, 9.17) is 9.47 Å². The number of nitrogens with one attached hydrogen (secondary N) is 2. The number of rotatable bonds is 16. The number of esters is 2. The number of hydrogen-bond donors (Lipinski definition) is 2. The van der Waals surface area contributed by atoms with Crippen molar-refractivity contribution in [3.63, 3.8) is 0 Å². The normalized spacial score (nSPS) is 12.9. The standard InChI is InChI=1S/C28H42N2O4/c1-5-9-15-29-25(7-3)19-33-27(31)23-13-11-22-18-24(14-12-21(22)17-23)28(32)34-20-26(8-4)30-16-10-6-2/h11-14,17-18,25-26,29-30H,5-10,15-16,19-20H2,1-4H3. The third-order valence-corrected chi connectivity index (χ3v) is 6.06. The molecule has 0 saturated heterocycles. The van der Waals surface area contributed by atoms with Crippen LogP contribution in [0.15, 0.2) is 36.4 Å². The van der Waals surface area contributed by atoms with Gasteiger partial charge in [-0.1, -0.05) is 52.7 Å². The minimum atomic E-state index is -0.331. The summed E-state index contributed by atoms with van der Waals surface area (Å²) in [5.41, 5.74) is 1.02. The summed E-state index contributed by atoms with van der Waals surface area (Å²) in [6.45, 7) is 11.1. The Labute approximate surface area is 204 Å². The van der Waals surface area contributed by atoms with Crippen molar-refractivity contribution < 1.29 is 19.1 Å². The van der Waals surface area contributed by atoms with Crippen LogP contribution in [0.3, 0.4) is 0 Å². The molecule has 2 aromatic rings. The summed E-state index contributed by atoms with van der Waals surface area (Å²) in [5.74, 6) is -0.662. The first kappa shape index (κ1) is 27.8. The van der Waals surface area contributed by atoms with E-state index in [1.165, 1.54) is 0 Å². The molecule has 2 N–H and O–H groups in total. The maximum Gasteiger partial charge on any atom is 0.338 e. The van der Waals surface area contributed by atoms with Gasteiger partial charge >= 0.3 is 11.9 Å². The second kappa shape index (κ2) is 15.5. The Balaban J connectivity index is 1.94. The molecule has 2 atom stereocenters. The van der Waals surface area contributed by atoms with E-state index in [9.17, 15) is 9.59 Å². The number of benzene rings is 2. The Kier molecular flexibility index (Phi) is 12.6. The Morgan fingerprint density at radius 1 is 0.706 bits per heavy atom. The number of fused-ring (bicyclic) bond motifs is 1. The van der Waals surface area contributed by atoms with Crippen LogP contribution in [0.4, 0.5) is 0 Å². The fraction of sp³-hybridized carbons (Fsp3) is 0.571. The van der Waals surface area contributed by atoms with Crippen molar-refractivity contribution >= 4 is 22.7 Å². The van der Waals surface area contributed by atoms with E-state index in [2.05, 4.69) is 38.3 Å². The Bertz CT molecular complexity index is 826. The van der Waals surface area contributed by atoms with Crippen molar-refractivity contribution in [1.29, 1.82) is 0 Å². The maximum absolute atomic E-state index is 12.6. The molecular formula is C28H42N2O4. The Morgan fingerprint density at radius 2 is 1.12 bits per heavy atom. The quantitative estimate of drug-likeness (QED) is 0.250. The van der Waals surface area contributed by atoms with Gasteiger partial charge in [0, 0.05) is 12.1 Å². The molecule has 6 nitrogen and oxygen atoms in total. The van der Waals surface area contributed by atoms with Gasteiger partial charge in [0.15, 0.2) is 0 Å². The zero-order chi connectivity index (χ0) is 24.8. The van der Waals surface area contributed by atoms with Crippen LogP contribution in [0.25, 0.3) is 10.8 Å². The second-order valence-electron chi connectivity index (χ2n) is 8.80. The molecule has 0 aliphatic heterocycles. The number of carbonyl (C=O) groups is 2. The minimum Gasteiger partial charge on any atom is -0.460 e. The Hall–Kier alpha value is -2.44. The summed E-state index contributed by atoms with van der Waals surface area (Å²) in [5, 5.41) is 8.63. The molecule has 6 heteroatoms. The summed E-state index contributed by atoms with van der Waals surface area (Å²) in [4.78, 5) is 25.1. The van der Waals surface area contributed by atoms with E-state index < -0.39 is 0 Å². The van der Waals surface area contributed by atoms with Crippen molar-refractivity contribution in [3.8, 4) is 0 Å². The van der Waals surface area contributed by atoms with Gasteiger partial charge in [0.1, 0.15) is 13.2 Å². The average molecular weight is 471 g/mol. The number of unbranched alkanes of at least 4 members (excludes halogenated alkanes) is 2. The van der Waals surface area contributed by atoms with Gasteiger partial charge in [-0.2, -0.15) is 0 Å². The third kappa shape index (κ3) is 9.07. The minimum absolute atomic E-state index is 0.165. The zero-order valence-corrected chi connectivity index (χ0v) is 21.3. The molecule has 0 aliphatic carbocycles. The van der Waals surface area contributed by atoms with Gasteiger partial charge in [0.05, 0.1) is 11.1 Å². The van der Waals surface area contributed by atoms with E-state index in [0.29, 0.717) is 24.3 Å². The van der Waals surface area contributed by atoms with Crippen LogP contribution in [0, 0.1) is 0 Å². The fourth-order valence-electron chi connectivity index (χ4n) is 3.63. The van der Waals surface area contributed by atoms with E-state index in [-0.39, 0.29) is 24.0 Å². The molecule has 0 spiro atoms. The predicted molar refractivity (Wildman–Crippen MR) is 138 cm³/mol. The first-order valence-corrected chi connectivity index (χ1v) is 12.9. The lowest BCUT2D eigenvalue weighted by molar-refractivity contribution is 0.0454. The summed E-state index contributed by atoms with van der Waals surface area (Å²) in [7, 11) is 0. The molecule has 0 heterocycles. The average Bonchev–Trinajstić information content (AvgIpc) is 2.87. The molecule has 34 heavy (non-hydrogen) atoms. The number of ether oxygens (including phenoxy) is 2. The maximum atomic E-state index is 12.6. The van der Waals surface area contributed by atoms with Crippen LogP contribution in [0.2, 0.25) is 0 Å². The molecule has 0 bridgehead atoms. The van der Waals surface area contributed by atoms with Crippen LogP contribution in [-0.4, -0.2) is 50.3 Å². The van der Waals surface area contributed by atoms with E-state index in [1.54, 1.807) is 12.1 Å². The largest absolute Gasteiger partial charge is 0.460 e. The van der Waals surface area contributed by atoms with Gasteiger partial charge in [0.2, 0.25) is 0 Å². The van der Waals surface area contributed by atoms with Gasteiger partial charge < -0.3 is 20.1 Å². The monoisotopic (exact) mass is 470 g/mol. The van der Waals surface area contributed by atoms with Crippen LogP contribution in [0.5, 0.6) is 0 Å². The molecule has 2 unspecified atom stereocenters. The molecule has 2 rings (SSSR count). The van der Waals surface area contributed by atoms with E-state index in [0.717, 1.165) is 62.4 Å².